The molecule has 2 aliphatic heterocycles. The van der Waals surface area contributed by atoms with Crippen LogP contribution in [0.3, 0.4) is 0 Å². The van der Waals surface area contributed by atoms with E-state index in [1.165, 1.54) is 72.2 Å². The Balaban J connectivity index is 1.35. The predicted octanol–water partition coefficient (Wildman–Crippen LogP) is 8.39. The predicted molar refractivity (Wildman–Crippen MR) is 171 cm³/mol. The molecule has 2 aliphatic carbocycles. The molecule has 10 rings (SSSR count). The summed E-state index contributed by atoms with van der Waals surface area (Å²) in [7, 11) is 0. The summed E-state index contributed by atoms with van der Waals surface area (Å²) in [5.41, 5.74) is 16.6. The van der Waals surface area contributed by atoms with Crippen LogP contribution in [0.15, 0.2) is 89.6 Å². The van der Waals surface area contributed by atoms with Gasteiger partial charge in [-0.25, -0.2) is 0 Å². The van der Waals surface area contributed by atoms with Crippen molar-refractivity contribution in [2.75, 3.05) is 0 Å². The molecule has 0 radical (unpaired) electrons. The number of allylic oxidation sites excluding steroid dienone is 1. The Morgan fingerprint density at radius 1 is 0.860 bits per heavy atom. The average Bonchev–Trinajstić information content (AvgIpc) is 3.24. The highest BCUT2D eigenvalue weighted by molar-refractivity contribution is 6.12. The lowest BCUT2D eigenvalue weighted by molar-refractivity contribution is -0.772. The molecule has 0 amide bonds. The Bertz CT molecular complexity index is 2290. The maximum atomic E-state index is 7.01. The van der Waals surface area contributed by atoms with Crippen molar-refractivity contribution < 1.29 is 13.6 Å². The summed E-state index contributed by atoms with van der Waals surface area (Å²) in [6, 6.07) is 25.8. The van der Waals surface area contributed by atoms with E-state index in [4.69, 9.17) is 4.42 Å². The summed E-state index contributed by atoms with van der Waals surface area (Å²) in [5.74, 6) is 0.335. The van der Waals surface area contributed by atoms with E-state index in [-0.39, 0.29) is 17.0 Å². The number of pyridine rings is 2. The molecule has 0 bridgehead atoms. The molecule has 6 aromatic rings. The first-order valence-electron chi connectivity index (χ1n) is 15.7. The Kier molecular flexibility index (Phi) is 4.20. The number of furan rings is 1. The average molecular weight is 559 g/mol. The largest absolute Gasteiger partial charge is 0.455 e. The van der Waals surface area contributed by atoms with Gasteiger partial charge in [-0.1, -0.05) is 69.3 Å². The Morgan fingerprint density at radius 2 is 1.67 bits per heavy atom. The van der Waals surface area contributed by atoms with Crippen LogP contribution in [0.4, 0.5) is 0 Å². The fourth-order valence-corrected chi connectivity index (χ4v) is 9.15. The number of hydrogen-bond donors (Lipinski definition) is 0. The van der Waals surface area contributed by atoms with Crippen LogP contribution >= 0.6 is 0 Å². The van der Waals surface area contributed by atoms with Gasteiger partial charge in [-0.15, -0.1) is 0 Å². The standard InChI is InChI=1S/C40H34N2O/c1-22-13-18-32-26-10-6-7-11-27(26)35-38(41(32)20-22)40(35)30-17-16-29-28-15-14-24-9-8-12-25(24)36(28)43-37(29)34(30)33-19-31(39(3,4)5)23(2)21-42(33)40/h6-8,10-21,35,38H,9H2,1-5H3/q+2. The van der Waals surface area contributed by atoms with Gasteiger partial charge in [-0.2, -0.15) is 9.13 Å². The zero-order chi connectivity index (χ0) is 29.0. The number of aryl methyl sites for hydroxylation is 2. The van der Waals surface area contributed by atoms with Crippen LogP contribution in [0.1, 0.15) is 71.7 Å². The van der Waals surface area contributed by atoms with Gasteiger partial charge in [0.25, 0.3) is 5.54 Å². The molecular weight excluding hydrogens is 524 g/mol. The van der Waals surface area contributed by atoms with Crippen LogP contribution in [0.2, 0.25) is 0 Å². The third-order valence-corrected chi connectivity index (χ3v) is 10.9. The number of aromatic nitrogens is 2. The lowest BCUT2D eigenvalue weighted by Gasteiger charge is -2.21. The lowest BCUT2D eigenvalue weighted by Crippen LogP contribution is -2.51. The molecule has 3 aromatic heterocycles. The second kappa shape index (κ2) is 7.52. The fraction of sp³-hybridized carbons (Fsp3) is 0.250. The van der Waals surface area contributed by atoms with Gasteiger partial charge < -0.3 is 4.42 Å². The second-order valence-electron chi connectivity index (χ2n) is 14.3. The van der Waals surface area contributed by atoms with E-state index in [0.717, 1.165) is 17.6 Å². The SMILES string of the molecule is Cc1ccc2[n+](c1)C1C(c3ccccc3-2)C12c1ccc3c(oc4c5c(ccc43)CC=C5)c1-c1cc(C(C)(C)C)c(C)c[n+]12. The van der Waals surface area contributed by atoms with Crippen molar-refractivity contribution in [2.24, 2.45) is 0 Å². The van der Waals surface area contributed by atoms with Crippen LogP contribution < -0.4 is 9.13 Å². The molecule has 4 aliphatic rings. The van der Waals surface area contributed by atoms with Gasteiger partial charge in [0.2, 0.25) is 17.4 Å². The molecule has 208 valence electrons. The fourth-order valence-electron chi connectivity index (χ4n) is 9.15. The van der Waals surface area contributed by atoms with Crippen LogP contribution in [-0.4, -0.2) is 0 Å². The molecule has 3 atom stereocenters. The van der Waals surface area contributed by atoms with Gasteiger partial charge in [0.1, 0.15) is 17.1 Å². The Hall–Kier alpha value is -4.50. The normalized spacial score (nSPS) is 22.0. The minimum absolute atomic E-state index is 0.0321. The third kappa shape index (κ3) is 2.73. The Labute approximate surface area is 251 Å². The van der Waals surface area contributed by atoms with Gasteiger partial charge in [0, 0.05) is 45.2 Å². The van der Waals surface area contributed by atoms with E-state index >= 15 is 0 Å². The minimum atomic E-state index is -0.222. The summed E-state index contributed by atoms with van der Waals surface area (Å²) in [5, 5.41) is 2.43. The highest BCUT2D eigenvalue weighted by atomic mass is 16.3. The molecule has 3 aromatic carbocycles. The zero-order valence-corrected chi connectivity index (χ0v) is 25.3. The highest BCUT2D eigenvalue weighted by Crippen LogP contribution is 2.71. The maximum absolute atomic E-state index is 7.01. The summed E-state index contributed by atoms with van der Waals surface area (Å²) in [6.07, 6.45) is 10.3. The lowest BCUT2D eigenvalue weighted by atomic mass is 9.84. The third-order valence-electron chi connectivity index (χ3n) is 10.9. The van der Waals surface area contributed by atoms with Gasteiger partial charge >= 0.3 is 0 Å². The summed E-state index contributed by atoms with van der Waals surface area (Å²) >= 11 is 0. The first-order valence-corrected chi connectivity index (χ1v) is 15.7. The van der Waals surface area contributed by atoms with Gasteiger partial charge in [0.15, 0.2) is 12.4 Å². The zero-order valence-electron chi connectivity index (χ0n) is 25.3. The molecule has 1 spiro atoms. The smallest absolute Gasteiger partial charge is 0.269 e. The topological polar surface area (TPSA) is 20.9 Å². The number of hydrogen-bond acceptors (Lipinski definition) is 1. The molecule has 3 unspecified atom stereocenters. The van der Waals surface area contributed by atoms with E-state index in [9.17, 15) is 0 Å². The molecular formula is C40H34N2O+2. The Morgan fingerprint density at radius 3 is 2.53 bits per heavy atom. The summed E-state index contributed by atoms with van der Waals surface area (Å²) in [4.78, 5) is 0. The quantitative estimate of drug-likeness (QED) is 0.172. The van der Waals surface area contributed by atoms with Crippen molar-refractivity contribution in [3.05, 3.63) is 124 Å². The van der Waals surface area contributed by atoms with Gasteiger partial charge in [-0.3, -0.25) is 0 Å². The van der Waals surface area contributed by atoms with Crippen LogP contribution in [0, 0.1) is 13.8 Å². The molecule has 3 heteroatoms. The molecule has 1 saturated carbocycles. The number of benzene rings is 3. The maximum Gasteiger partial charge on any atom is 0.269 e. The summed E-state index contributed by atoms with van der Waals surface area (Å²) in [6.45, 7) is 11.5. The van der Waals surface area contributed by atoms with Crippen molar-refractivity contribution in [3.8, 4) is 22.5 Å². The van der Waals surface area contributed by atoms with E-state index in [2.05, 4.69) is 135 Å². The summed E-state index contributed by atoms with van der Waals surface area (Å²) < 4.78 is 12.2. The van der Waals surface area contributed by atoms with Crippen molar-refractivity contribution in [2.45, 2.75) is 64.0 Å². The first-order chi connectivity index (χ1) is 20.8. The molecule has 0 N–H and O–H groups in total. The molecule has 3 nitrogen and oxygen atoms in total. The van der Waals surface area contributed by atoms with Gasteiger partial charge in [-0.05, 0) is 60.6 Å². The van der Waals surface area contributed by atoms with E-state index < -0.39 is 0 Å². The van der Waals surface area contributed by atoms with Gasteiger partial charge in [0.05, 0.1) is 11.1 Å². The van der Waals surface area contributed by atoms with Crippen LogP contribution in [-0.2, 0) is 17.4 Å². The number of nitrogens with zero attached hydrogens (tertiary/aromatic N) is 2. The van der Waals surface area contributed by atoms with E-state index in [1.807, 2.05) is 0 Å². The molecule has 43 heavy (non-hydrogen) atoms. The van der Waals surface area contributed by atoms with E-state index in [0.29, 0.717) is 5.92 Å². The second-order valence-corrected chi connectivity index (χ2v) is 14.3. The molecule has 1 fully saturated rings. The first kappa shape index (κ1) is 24.0. The number of fused-ring (bicyclic) bond motifs is 19. The monoisotopic (exact) mass is 558 g/mol. The van der Waals surface area contributed by atoms with Crippen molar-refractivity contribution in [1.29, 1.82) is 0 Å². The van der Waals surface area contributed by atoms with Crippen molar-refractivity contribution in [3.63, 3.8) is 0 Å². The molecule has 5 heterocycles. The highest BCUT2D eigenvalue weighted by Gasteiger charge is 2.86. The van der Waals surface area contributed by atoms with E-state index in [1.54, 1.807) is 0 Å². The minimum Gasteiger partial charge on any atom is -0.455 e. The number of rotatable bonds is 0. The molecule has 0 saturated heterocycles. The van der Waals surface area contributed by atoms with Crippen LogP contribution in [0.5, 0.6) is 0 Å². The van der Waals surface area contributed by atoms with Crippen molar-refractivity contribution in [1.82, 2.24) is 0 Å². The van der Waals surface area contributed by atoms with Crippen LogP contribution in [0.25, 0.3) is 50.5 Å². The van der Waals surface area contributed by atoms with Crippen molar-refractivity contribution >= 4 is 28.0 Å².